The second-order valence-electron chi connectivity index (χ2n) is 2.20. The zero-order chi connectivity index (χ0) is 6.81. The second-order valence-corrected chi connectivity index (χ2v) is 2.20. The van der Waals surface area contributed by atoms with Gasteiger partial charge in [-0.1, -0.05) is 24.3 Å². The van der Waals surface area contributed by atoms with E-state index in [2.05, 4.69) is 17.1 Å². The van der Waals surface area contributed by atoms with Crippen LogP contribution in [0.15, 0.2) is 42.6 Å². The number of nitrogens with zero attached hydrogens (tertiary/aromatic N) is 1. The lowest BCUT2D eigenvalue weighted by Crippen LogP contribution is -1.73. The summed E-state index contributed by atoms with van der Waals surface area (Å²) in [5.41, 5.74) is 1.06. The van der Waals surface area contributed by atoms with Gasteiger partial charge < -0.3 is 11.0 Å². The molecule has 4 N–H and O–H groups in total. The molecule has 0 spiro atoms. The van der Waals surface area contributed by atoms with Crippen molar-refractivity contribution in [2.45, 2.75) is 0 Å². The maximum absolute atomic E-state index is 4.18. The maximum Gasteiger partial charge on any atom is 0.0701 e. The van der Waals surface area contributed by atoms with E-state index in [0.717, 1.165) is 5.52 Å². The fraction of sp³-hybridized carbons (Fsp3) is 0. The molecule has 0 atom stereocenters. The Morgan fingerprint density at radius 2 is 1.36 bits per heavy atom. The molecule has 2 aromatic rings. The van der Waals surface area contributed by atoms with Crippen LogP contribution in [-0.4, -0.2) is 15.9 Å². The summed E-state index contributed by atoms with van der Waals surface area (Å²) < 4.78 is 0. The van der Waals surface area contributed by atoms with E-state index in [1.807, 2.05) is 30.5 Å². The van der Waals surface area contributed by atoms with Gasteiger partial charge in [-0.2, -0.15) is 0 Å². The van der Waals surface area contributed by atoms with Crippen LogP contribution in [0.25, 0.3) is 10.9 Å². The van der Waals surface area contributed by atoms with Crippen LogP contribution in [0.4, 0.5) is 0 Å². The molecule has 1 aromatic heterocycles. The van der Waals surface area contributed by atoms with Gasteiger partial charge in [0.2, 0.25) is 0 Å². The zero-order valence-electron chi connectivity index (χ0n) is 7.31. The Morgan fingerprint density at radius 3 is 2.00 bits per heavy atom. The number of fused-ring (bicyclic) bond motifs is 1. The molecule has 0 aliphatic carbocycles. The standard InChI is InChI=1S/C9H7N.2ClH.2H2O/c1-2-6-9-8(4-1)5-3-7-10-9;;;;/h1-7H;2*1H;2*1H2. The molecule has 3 nitrogen and oxygen atoms in total. The minimum Gasteiger partial charge on any atom is -0.412 e. The highest BCUT2D eigenvalue weighted by Gasteiger charge is 1.86. The van der Waals surface area contributed by atoms with Gasteiger partial charge in [-0.3, -0.25) is 4.98 Å². The molecule has 0 saturated heterocycles. The SMILES string of the molecule is Cl.Cl.O.O.c1ccc2ncccc2c1. The summed E-state index contributed by atoms with van der Waals surface area (Å²) in [4.78, 5) is 4.18. The average Bonchev–Trinajstić information content (AvgIpc) is 2.05. The van der Waals surface area contributed by atoms with Crippen molar-refractivity contribution in [3.63, 3.8) is 0 Å². The molecule has 1 heterocycles. The van der Waals surface area contributed by atoms with E-state index in [-0.39, 0.29) is 35.8 Å². The first-order chi connectivity index (χ1) is 4.97. The number of halogens is 2. The quantitative estimate of drug-likeness (QED) is 0.683. The first kappa shape index (κ1) is 18.8. The van der Waals surface area contributed by atoms with Crippen molar-refractivity contribution in [1.29, 1.82) is 0 Å². The third-order valence-electron chi connectivity index (χ3n) is 1.51. The Labute approximate surface area is 94.6 Å². The zero-order valence-corrected chi connectivity index (χ0v) is 8.94. The fourth-order valence-corrected chi connectivity index (χ4v) is 1.02. The first-order valence-electron chi connectivity index (χ1n) is 3.26. The molecule has 14 heavy (non-hydrogen) atoms. The molecule has 2 rings (SSSR count). The van der Waals surface area contributed by atoms with Crippen LogP contribution < -0.4 is 0 Å². The molecular weight excluding hydrogens is 225 g/mol. The minimum atomic E-state index is 0. The van der Waals surface area contributed by atoms with Crippen LogP contribution in [0.2, 0.25) is 0 Å². The Kier molecular flexibility index (Phi) is 11.7. The van der Waals surface area contributed by atoms with Crippen molar-refractivity contribution in [2.24, 2.45) is 0 Å². The summed E-state index contributed by atoms with van der Waals surface area (Å²) in [6.07, 6.45) is 1.81. The molecule has 0 aliphatic heterocycles. The summed E-state index contributed by atoms with van der Waals surface area (Å²) in [7, 11) is 0. The van der Waals surface area contributed by atoms with Gasteiger partial charge in [0.1, 0.15) is 0 Å². The summed E-state index contributed by atoms with van der Waals surface area (Å²) >= 11 is 0. The Balaban J connectivity index is -0.000000302. The number of aromatic nitrogens is 1. The predicted molar refractivity (Wildman–Crippen MR) is 63.5 cm³/mol. The van der Waals surface area contributed by atoms with Gasteiger partial charge in [0.05, 0.1) is 5.52 Å². The third-order valence-corrected chi connectivity index (χ3v) is 1.51. The molecule has 0 unspecified atom stereocenters. The summed E-state index contributed by atoms with van der Waals surface area (Å²) in [6.45, 7) is 0. The van der Waals surface area contributed by atoms with Gasteiger partial charge in [0.25, 0.3) is 0 Å². The van der Waals surface area contributed by atoms with E-state index in [0.29, 0.717) is 0 Å². The molecule has 1 aromatic carbocycles. The van der Waals surface area contributed by atoms with E-state index in [9.17, 15) is 0 Å². The first-order valence-corrected chi connectivity index (χ1v) is 3.26. The number of hydrogen-bond acceptors (Lipinski definition) is 1. The van der Waals surface area contributed by atoms with Gasteiger partial charge in [0.15, 0.2) is 0 Å². The van der Waals surface area contributed by atoms with Gasteiger partial charge in [-0.25, -0.2) is 0 Å². The Hall–Kier alpha value is -0.870. The van der Waals surface area contributed by atoms with Crippen molar-refractivity contribution in [1.82, 2.24) is 4.98 Å². The number of pyridine rings is 1. The summed E-state index contributed by atoms with van der Waals surface area (Å²) in [6, 6.07) is 12.1. The molecule has 5 heteroatoms. The lowest BCUT2D eigenvalue weighted by molar-refractivity contribution is 0.823. The molecule has 0 saturated carbocycles. The minimum absolute atomic E-state index is 0. The number of rotatable bonds is 0. The predicted octanol–water partition coefficient (Wildman–Crippen LogP) is 1.43. The lowest BCUT2D eigenvalue weighted by atomic mass is 10.2. The van der Waals surface area contributed by atoms with Gasteiger partial charge in [0, 0.05) is 11.6 Å². The van der Waals surface area contributed by atoms with Crippen LogP contribution in [0.5, 0.6) is 0 Å². The highest BCUT2D eigenvalue weighted by molar-refractivity contribution is 5.85. The molecular formula is C9H13Cl2NO2. The molecule has 0 bridgehead atoms. The van der Waals surface area contributed by atoms with E-state index < -0.39 is 0 Å². The lowest BCUT2D eigenvalue weighted by Gasteiger charge is -1.91. The molecule has 0 aliphatic rings. The largest absolute Gasteiger partial charge is 0.412 e. The number of para-hydroxylation sites is 1. The van der Waals surface area contributed by atoms with E-state index in [4.69, 9.17) is 0 Å². The van der Waals surface area contributed by atoms with Crippen molar-refractivity contribution in [2.75, 3.05) is 0 Å². The van der Waals surface area contributed by atoms with Crippen LogP contribution in [0, 0.1) is 0 Å². The molecule has 80 valence electrons. The van der Waals surface area contributed by atoms with Crippen LogP contribution in [-0.2, 0) is 0 Å². The monoisotopic (exact) mass is 237 g/mol. The van der Waals surface area contributed by atoms with Crippen molar-refractivity contribution in [3.8, 4) is 0 Å². The van der Waals surface area contributed by atoms with Gasteiger partial charge in [-0.05, 0) is 12.1 Å². The molecule has 0 fully saturated rings. The van der Waals surface area contributed by atoms with E-state index in [1.165, 1.54) is 5.39 Å². The third kappa shape index (κ3) is 3.89. The van der Waals surface area contributed by atoms with Crippen LogP contribution in [0.1, 0.15) is 0 Å². The highest BCUT2D eigenvalue weighted by atomic mass is 35.5. The molecule has 0 radical (unpaired) electrons. The van der Waals surface area contributed by atoms with Crippen molar-refractivity contribution >= 4 is 35.7 Å². The van der Waals surface area contributed by atoms with E-state index in [1.54, 1.807) is 0 Å². The van der Waals surface area contributed by atoms with Crippen LogP contribution in [0.3, 0.4) is 0 Å². The fourth-order valence-electron chi connectivity index (χ4n) is 1.02. The Bertz CT molecular complexity index is 292. The van der Waals surface area contributed by atoms with Crippen molar-refractivity contribution in [3.05, 3.63) is 42.6 Å². The topological polar surface area (TPSA) is 75.9 Å². The summed E-state index contributed by atoms with van der Waals surface area (Å²) in [5.74, 6) is 0. The van der Waals surface area contributed by atoms with Crippen molar-refractivity contribution < 1.29 is 11.0 Å². The number of benzene rings is 1. The normalized spacial score (nSPS) is 7.14. The van der Waals surface area contributed by atoms with Gasteiger partial charge >= 0.3 is 0 Å². The highest BCUT2D eigenvalue weighted by Crippen LogP contribution is 2.07. The smallest absolute Gasteiger partial charge is 0.0701 e. The number of hydrogen-bond donors (Lipinski definition) is 0. The van der Waals surface area contributed by atoms with E-state index >= 15 is 0 Å². The molecule has 0 amide bonds. The van der Waals surface area contributed by atoms with Gasteiger partial charge in [-0.15, -0.1) is 24.8 Å². The van der Waals surface area contributed by atoms with Crippen LogP contribution >= 0.6 is 24.8 Å². The maximum atomic E-state index is 4.18. The average molecular weight is 238 g/mol. The Morgan fingerprint density at radius 1 is 0.786 bits per heavy atom. The summed E-state index contributed by atoms with van der Waals surface area (Å²) in [5, 5.41) is 1.20. The second kappa shape index (κ2) is 8.72.